The number of hydrogen-bond donors (Lipinski definition) is 0. The number of rotatable bonds is 5. The van der Waals surface area contributed by atoms with E-state index in [2.05, 4.69) is 0 Å². The van der Waals surface area contributed by atoms with E-state index in [0.29, 0.717) is 54.9 Å². The SMILES string of the molecule is CCOc1ccc(/C=C2/Sc3ccc(C(=O)N4CCOCC4)cc3N(C)C2=O)cc1OC. The third-order valence-electron chi connectivity index (χ3n) is 5.39. The molecule has 0 aromatic heterocycles. The van der Waals surface area contributed by atoms with E-state index >= 15 is 0 Å². The molecule has 0 N–H and O–H groups in total. The van der Waals surface area contributed by atoms with Gasteiger partial charge in [-0.15, -0.1) is 0 Å². The molecule has 2 aliphatic heterocycles. The van der Waals surface area contributed by atoms with Crippen molar-refractivity contribution < 1.29 is 23.8 Å². The van der Waals surface area contributed by atoms with Gasteiger partial charge in [-0.2, -0.15) is 0 Å². The minimum Gasteiger partial charge on any atom is -0.493 e. The van der Waals surface area contributed by atoms with Gasteiger partial charge in [0, 0.05) is 30.6 Å². The zero-order valence-electron chi connectivity index (χ0n) is 18.4. The van der Waals surface area contributed by atoms with Crippen molar-refractivity contribution in [1.29, 1.82) is 0 Å². The lowest BCUT2D eigenvalue weighted by molar-refractivity contribution is -0.114. The van der Waals surface area contributed by atoms with Crippen LogP contribution in [0.25, 0.3) is 6.08 Å². The summed E-state index contributed by atoms with van der Waals surface area (Å²) in [6, 6.07) is 11.1. The highest BCUT2D eigenvalue weighted by Crippen LogP contribution is 2.42. The Balaban J connectivity index is 1.60. The lowest BCUT2D eigenvalue weighted by Gasteiger charge is -2.29. The topological polar surface area (TPSA) is 68.3 Å². The Morgan fingerprint density at radius 3 is 2.66 bits per heavy atom. The summed E-state index contributed by atoms with van der Waals surface area (Å²) in [7, 11) is 3.32. The van der Waals surface area contributed by atoms with Gasteiger partial charge in [0.05, 0.1) is 37.5 Å². The number of carbonyl (C=O) groups excluding carboxylic acids is 2. The largest absolute Gasteiger partial charge is 0.493 e. The molecule has 0 bridgehead atoms. The number of anilines is 1. The predicted molar refractivity (Wildman–Crippen MR) is 125 cm³/mol. The van der Waals surface area contributed by atoms with Crippen LogP contribution >= 0.6 is 11.8 Å². The smallest absolute Gasteiger partial charge is 0.264 e. The van der Waals surface area contributed by atoms with E-state index in [1.54, 1.807) is 30.0 Å². The van der Waals surface area contributed by atoms with Crippen LogP contribution in [0.5, 0.6) is 11.5 Å². The summed E-state index contributed by atoms with van der Waals surface area (Å²) in [4.78, 5) is 30.8. The number of thioether (sulfide) groups is 1. The van der Waals surface area contributed by atoms with Crippen molar-refractivity contribution in [2.75, 3.05) is 52.0 Å². The minimum absolute atomic E-state index is 0.0372. The van der Waals surface area contributed by atoms with E-state index < -0.39 is 0 Å². The zero-order chi connectivity index (χ0) is 22.7. The molecule has 2 heterocycles. The lowest BCUT2D eigenvalue weighted by atomic mass is 10.1. The number of morpholine rings is 1. The number of nitrogens with zero attached hydrogens (tertiary/aromatic N) is 2. The molecule has 0 atom stereocenters. The van der Waals surface area contributed by atoms with E-state index in [4.69, 9.17) is 14.2 Å². The molecule has 32 heavy (non-hydrogen) atoms. The summed E-state index contributed by atoms with van der Waals surface area (Å²) in [6.07, 6.45) is 1.84. The number of benzene rings is 2. The second kappa shape index (κ2) is 9.67. The molecule has 2 aromatic carbocycles. The summed E-state index contributed by atoms with van der Waals surface area (Å²) in [5.74, 6) is 1.13. The van der Waals surface area contributed by atoms with Crippen molar-refractivity contribution in [1.82, 2.24) is 4.90 Å². The third kappa shape index (κ3) is 4.47. The van der Waals surface area contributed by atoms with Crippen LogP contribution in [0.4, 0.5) is 5.69 Å². The third-order valence-corrected chi connectivity index (χ3v) is 6.46. The molecule has 0 unspecified atom stereocenters. The van der Waals surface area contributed by atoms with E-state index in [0.717, 1.165) is 16.1 Å². The second-order valence-corrected chi connectivity index (χ2v) is 8.49. The van der Waals surface area contributed by atoms with Crippen LogP contribution in [0.15, 0.2) is 46.2 Å². The van der Waals surface area contributed by atoms with Gasteiger partial charge >= 0.3 is 0 Å². The number of amides is 2. The molecule has 0 radical (unpaired) electrons. The van der Waals surface area contributed by atoms with Crippen LogP contribution in [-0.4, -0.2) is 63.8 Å². The van der Waals surface area contributed by atoms with Gasteiger partial charge in [0.25, 0.3) is 11.8 Å². The van der Waals surface area contributed by atoms with E-state index in [9.17, 15) is 9.59 Å². The molecule has 2 amide bonds. The monoisotopic (exact) mass is 454 g/mol. The van der Waals surface area contributed by atoms with Crippen molar-refractivity contribution in [3.63, 3.8) is 0 Å². The molecule has 0 spiro atoms. The molecule has 7 nitrogen and oxygen atoms in total. The zero-order valence-corrected chi connectivity index (χ0v) is 19.2. The molecular weight excluding hydrogens is 428 g/mol. The van der Waals surface area contributed by atoms with E-state index in [1.165, 1.54) is 11.8 Å². The van der Waals surface area contributed by atoms with Gasteiger partial charge in [-0.3, -0.25) is 9.59 Å². The molecule has 4 rings (SSSR count). The summed E-state index contributed by atoms with van der Waals surface area (Å²) in [6.45, 7) is 4.73. The summed E-state index contributed by atoms with van der Waals surface area (Å²) in [5.41, 5.74) is 2.16. The number of carbonyl (C=O) groups is 2. The minimum atomic E-state index is -0.119. The van der Waals surface area contributed by atoms with Gasteiger partial charge in [-0.1, -0.05) is 17.8 Å². The first-order valence-electron chi connectivity index (χ1n) is 10.5. The highest BCUT2D eigenvalue weighted by molar-refractivity contribution is 8.04. The first kappa shape index (κ1) is 22.2. The number of methoxy groups -OCH3 is 1. The molecular formula is C24H26N2O5S. The lowest BCUT2D eigenvalue weighted by Crippen LogP contribution is -2.40. The molecule has 168 valence electrons. The highest BCUT2D eigenvalue weighted by Gasteiger charge is 2.28. The van der Waals surface area contributed by atoms with Crippen molar-refractivity contribution in [3.8, 4) is 11.5 Å². The number of likely N-dealkylation sites (N-methyl/N-ethyl adjacent to an activating group) is 1. The quantitative estimate of drug-likeness (QED) is 0.642. The molecule has 2 aromatic rings. The molecule has 8 heteroatoms. The first-order chi connectivity index (χ1) is 15.5. The van der Waals surface area contributed by atoms with Gasteiger partial charge in [0.1, 0.15) is 0 Å². The second-order valence-electron chi connectivity index (χ2n) is 7.41. The molecule has 0 saturated carbocycles. The van der Waals surface area contributed by atoms with Crippen LogP contribution in [0, 0.1) is 0 Å². The standard InChI is InChI=1S/C24H26N2O5S/c1-4-31-19-7-5-16(13-20(19)29-3)14-22-24(28)25(2)18-15-17(6-8-21(18)32-22)23(27)26-9-11-30-12-10-26/h5-8,13-15H,4,9-12H2,1-3H3/b22-14+. The van der Waals surface area contributed by atoms with Gasteiger partial charge in [-0.05, 0) is 48.9 Å². The fourth-order valence-corrected chi connectivity index (χ4v) is 4.77. The average Bonchev–Trinajstić information content (AvgIpc) is 2.83. The fourth-order valence-electron chi connectivity index (χ4n) is 3.68. The number of hydrogen-bond acceptors (Lipinski definition) is 6. The Hall–Kier alpha value is -2.97. The molecule has 2 aliphatic rings. The predicted octanol–water partition coefficient (Wildman–Crippen LogP) is 3.68. The Kier molecular flexibility index (Phi) is 6.72. The van der Waals surface area contributed by atoms with Crippen LogP contribution in [0.1, 0.15) is 22.8 Å². The van der Waals surface area contributed by atoms with Crippen molar-refractivity contribution in [3.05, 3.63) is 52.4 Å². The molecule has 1 fully saturated rings. The summed E-state index contributed by atoms with van der Waals surface area (Å²) in [5, 5.41) is 0. The maximum absolute atomic E-state index is 13.1. The van der Waals surface area contributed by atoms with E-state index in [1.807, 2.05) is 43.3 Å². The van der Waals surface area contributed by atoms with Crippen molar-refractivity contribution in [2.45, 2.75) is 11.8 Å². The first-order valence-corrected chi connectivity index (χ1v) is 11.3. The van der Waals surface area contributed by atoms with Gasteiger partial charge in [0.2, 0.25) is 0 Å². The summed E-state index contributed by atoms with van der Waals surface area (Å²) >= 11 is 1.40. The van der Waals surface area contributed by atoms with Gasteiger partial charge in [-0.25, -0.2) is 0 Å². The molecule has 1 saturated heterocycles. The Bertz CT molecular complexity index is 1060. The van der Waals surface area contributed by atoms with Crippen LogP contribution < -0.4 is 14.4 Å². The van der Waals surface area contributed by atoms with Gasteiger partial charge in [0.15, 0.2) is 11.5 Å². The van der Waals surface area contributed by atoms with Crippen LogP contribution in [-0.2, 0) is 9.53 Å². The molecule has 0 aliphatic carbocycles. The van der Waals surface area contributed by atoms with Crippen molar-refractivity contribution in [2.24, 2.45) is 0 Å². The van der Waals surface area contributed by atoms with Crippen LogP contribution in [0.2, 0.25) is 0 Å². The Morgan fingerprint density at radius 2 is 1.94 bits per heavy atom. The van der Waals surface area contributed by atoms with Crippen molar-refractivity contribution >= 4 is 35.3 Å². The van der Waals surface area contributed by atoms with Gasteiger partial charge < -0.3 is 24.0 Å². The van der Waals surface area contributed by atoms with E-state index in [-0.39, 0.29) is 11.8 Å². The Labute approximate surface area is 191 Å². The maximum atomic E-state index is 13.1. The normalized spacial score (nSPS) is 17.3. The highest BCUT2D eigenvalue weighted by atomic mass is 32.2. The number of ether oxygens (including phenoxy) is 3. The van der Waals surface area contributed by atoms with Crippen LogP contribution in [0.3, 0.4) is 0 Å². The fraction of sp³-hybridized carbons (Fsp3) is 0.333. The average molecular weight is 455 g/mol. The Morgan fingerprint density at radius 1 is 1.16 bits per heavy atom. The maximum Gasteiger partial charge on any atom is 0.264 e. The summed E-state index contributed by atoms with van der Waals surface area (Å²) < 4.78 is 16.3. The number of fused-ring (bicyclic) bond motifs is 1.